The van der Waals surface area contributed by atoms with Gasteiger partial charge in [-0.25, -0.2) is 0 Å². The SMILES string of the molecule is Cc1nnc(SCC(=O)N(C)Cc2ccccc2Br)n1C1CCCCC1. The Balaban J connectivity index is 1.60. The van der Waals surface area contributed by atoms with Crippen LogP contribution in [0.1, 0.15) is 49.5 Å². The van der Waals surface area contributed by atoms with Crippen molar-refractivity contribution in [2.45, 2.75) is 56.8 Å². The first-order chi connectivity index (χ1) is 12.6. The highest BCUT2D eigenvalue weighted by molar-refractivity contribution is 9.10. The van der Waals surface area contributed by atoms with Crippen LogP contribution in [-0.2, 0) is 11.3 Å². The molecule has 0 aliphatic heterocycles. The molecular formula is C19H25BrN4OS. The summed E-state index contributed by atoms with van der Waals surface area (Å²) in [6.07, 6.45) is 6.21. The van der Waals surface area contributed by atoms with Crippen molar-refractivity contribution in [3.8, 4) is 0 Å². The summed E-state index contributed by atoms with van der Waals surface area (Å²) in [5, 5.41) is 9.45. The fourth-order valence-corrected chi connectivity index (χ4v) is 4.82. The first-order valence-electron chi connectivity index (χ1n) is 9.08. The standard InChI is InChI=1S/C19H25BrN4OS/c1-14-21-22-19(24(14)16-9-4-3-5-10-16)26-13-18(25)23(2)12-15-8-6-7-11-17(15)20/h6-8,11,16H,3-5,9-10,12-13H2,1-2H3. The monoisotopic (exact) mass is 436 g/mol. The molecule has 7 heteroatoms. The number of aromatic nitrogens is 3. The van der Waals surface area contributed by atoms with Crippen LogP contribution < -0.4 is 0 Å². The maximum atomic E-state index is 12.6. The van der Waals surface area contributed by atoms with Crippen LogP contribution in [0.25, 0.3) is 0 Å². The molecule has 1 aromatic carbocycles. The molecule has 0 bridgehead atoms. The maximum Gasteiger partial charge on any atom is 0.233 e. The molecule has 1 aromatic heterocycles. The molecule has 0 radical (unpaired) electrons. The molecule has 5 nitrogen and oxygen atoms in total. The van der Waals surface area contributed by atoms with Gasteiger partial charge in [0.2, 0.25) is 5.91 Å². The minimum absolute atomic E-state index is 0.0987. The fourth-order valence-electron chi connectivity index (χ4n) is 3.41. The number of benzene rings is 1. The van der Waals surface area contributed by atoms with Crippen molar-refractivity contribution in [3.63, 3.8) is 0 Å². The minimum atomic E-state index is 0.0987. The number of halogens is 1. The average molecular weight is 437 g/mol. The average Bonchev–Trinajstić information content (AvgIpc) is 3.02. The van der Waals surface area contributed by atoms with Gasteiger partial charge < -0.3 is 9.47 Å². The van der Waals surface area contributed by atoms with Crippen LogP contribution in [0.2, 0.25) is 0 Å². The fraction of sp³-hybridized carbons (Fsp3) is 0.526. The second-order valence-corrected chi connectivity index (χ2v) is 8.62. The van der Waals surface area contributed by atoms with Gasteiger partial charge in [-0.3, -0.25) is 4.79 Å². The maximum absolute atomic E-state index is 12.6. The summed E-state index contributed by atoms with van der Waals surface area (Å²) in [5.74, 6) is 1.43. The minimum Gasteiger partial charge on any atom is -0.341 e. The third-order valence-electron chi connectivity index (χ3n) is 4.89. The van der Waals surface area contributed by atoms with Gasteiger partial charge in [-0.1, -0.05) is 65.2 Å². The first kappa shape index (κ1) is 19.4. The number of hydrogen-bond acceptors (Lipinski definition) is 4. The lowest BCUT2D eigenvalue weighted by Crippen LogP contribution is -2.28. The van der Waals surface area contributed by atoms with Crippen LogP contribution in [0.15, 0.2) is 33.9 Å². The van der Waals surface area contributed by atoms with Crippen molar-refractivity contribution >= 4 is 33.6 Å². The number of amides is 1. The van der Waals surface area contributed by atoms with E-state index in [4.69, 9.17) is 0 Å². The van der Waals surface area contributed by atoms with E-state index >= 15 is 0 Å². The second-order valence-electron chi connectivity index (χ2n) is 6.82. The lowest BCUT2D eigenvalue weighted by atomic mass is 9.95. The van der Waals surface area contributed by atoms with Crippen LogP contribution in [0.3, 0.4) is 0 Å². The van der Waals surface area contributed by atoms with Gasteiger partial charge in [-0.2, -0.15) is 0 Å². The molecule has 1 aliphatic rings. The lowest BCUT2D eigenvalue weighted by Gasteiger charge is -2.25. The number of aryl methyl sites for hydroxylation is 1. The number of carbonyl (C=O) groups excluding carboxylic acids is 1. The quantitative estimate of drug-likeness (QED) is 0.620. The Morgan fingerprint density at radius 1 is 1.27 bits per heavy atom. The number of thioether (sulfide) groups is 1. The number of carbonyl (C=O) groups is 1. The van der Waals surface area contributed by atoms with Gasteiger partial charge in [0.1, 0.15) is 5.82 Å². The van der Waals surface area contributed by atoms with E-state index in [9.17, 15) is 4.79 Å². The molecule has 1 heterocycles. The molecule has 1 aliphatic carbocycles. The Bertz CT molecular complexity index is 758. The van der Waals surface area contributed by atoms with Gasteiger partial charge in [-0.05, 0) is 31.4 Å². The van der Waals surface area contributed by atoms with Gasteiger partial charge in [0.15, 0.2) is 5.16 Å². The molecule has 1 amide bonds. The summed E-state index contributed by atoms with van der Waals surface area (Å²) in [6, 6.07) is 8.48. The molecule has 3 rings (SSSR count). The van der Waals surface area contributed by atoms with Crippen LogP contribution in [0, 0.1) is 6.92 Å². The molecule has 0 unspecified atom stereocenters. The summed E-state index contributed by atoms with van der Waals surface area (Å²) in [4.78, 5) is 14.3. The number of nitrogens with zero attached hydrogens (tertiary/aromatic N) is 4. The normalized spacial score (nSPS) is 15.2. The van der Waals surface area contributed by atoms with Crippen LogP contribution in [-0.4, -0.2) is 38.4 Å². The van der Waals surface area contributed by atoms with Crippen molar-refractivity contribution in [1.29, 1.82) is 0 Å². The molecular weight excluding hydrogens is 412 g/mol. The van der Waals surface area contributed by atoms with E-state index in [0.29, 0.717) is 18.3 Å². The molecule has 2 aromatic rings. The zero-order valence-electron chi connectivity index (χ0n) is 15.3. The summed E-state index contributed by atoms with van der Waals surface area (Å²) < 4.78 is 3.27. The Morgan fingerprint density at radius 3 is 2.73 bits per heavy atom. The van der Waals surface area contributed by atoms with E-state index in [1.165, 1.54) is 43.9 Å². The largest absolute Gasteiger partial charge is 0.341 e. The van der Waals surface area contributed by atoms with Gasteiger partial charge in [0.05, 0.1) is 5.75 Å². The molecule has 0 atom stereocenters. The highest BCUT2D eigenvalue weighted by atomic mass is 79.9. The van der Waals surface area contributed by atoms with Gasteiger partial charge in [-0.15, -0.1) is 10.2 Å². The number of rotatable bonds is 6. The second kappa shape index (κ2) is 9.04. The summed E-state index contributed by atoms with van der Waals surface area (Å²) >= 11 is 5.04. The van der Waals surface area contributed by atoms with Crippen molar-refractivity contribution in [2.75, 3.05) is 12.8 Å². The van der Waals surface area contributed by atoms with E-state index in [1.54, 1.807) is 4.90 Å². The highest BCUT2D eigenvalue weighted by Crippen LogP contribution is 2.32. The molecule has 140 valence electrons. The van der Waals surface area contributed by atoms with Crippen molar-refractivity contribution in [1.82, 2.24) is 19.7 Å². The van der Waals surface area contributed by atoms with E-state index in [0.717, 1.165) is 21.0 Å². The van der Waals surface area contributed by atoms with E-state index in [2.05, 4.69) is 30.7 Å². The van der Waals surface area contributed by atoms with E-state index in [-0.39, 0.29) is 5.91 Å². The van der Waals surface area contributed by atoms with Crippen LogP contribution in [0.5, 0.6) is 0 Å². The molecule has 1 fully saturated rings. The van der Waals surface area contributed by atoms with E-state index in [1.807, 2.05) is 38.2 Å². The smallest absolute Gasteiger partial charge is 0.233 e. The zero-order chi connectivity index (χ0) is 18.5. The number of hydrogen-bond donors (Lipinski definition) is 0. The summed E-state index contributed by atoms with van der Waals surface area (Å²) in [5.41, 5.74) is 1.11. The molecule has 0 saturated heterocycles. The van der Waals surface area contributed by atoms with Crippen molar-refractivity contribution in [3.05, 3.63) is 40.1 Å². The molecule has 26 heavy (non-hydrogen) atoms. The Hall–Kier alpha value is -1.34. The molecule has 1 saturated carbocycles. The van der Waals surface area contributed by atoms with Gasteiger partial charge in [0.25, 0.3) is 0 Å². The third kappa shape index (κ3) is 4.68. The summed E-state index contributed by atoms with van der Waals surface area (Å²) in [6.45, 7) is 2.60. The Morgan fingerprint density at radius 2 is 2.00 bits per heavy atom. The predicted molar refractivity (Wildman–Crippen MR) is 108 cm³/mol. The van der Waals surface area contributed by atoms with Crippen LogP contribution in [0.4, 0.5) is 0 Å². The topological polar surface area (TPSA) is 51.0 Å². The van der Waals surface area contributed by atoms with Crippen LogP contribution >= 0.6 is 27.7 Å². The lowest BCUT2D eigenvalue weighted by molar-refractivity contribution is -0.127. The van der Waals surface area contributed by atoms with Gasteiger partial charge in [0, 0.05) is 24.1 Å². The van der Waals surface area contributed by atoms with Crippen molar-refractivity contribution in [2.24, 2.45) is 0 Å². The first-order valence-corrected chi connectivity index (χ1v) is 10.9. The molecule has 0 N–H and O–H groups in total. The van der Waals surface area contributed by atoms with Crippen molar-refractivity contribution < 1.29 is 4.79 Å². The highest BCUT2D eigenvalue weighted by Gasteiger charge is 2.22. The Labute approximate surface area is 167 Å². The van der Waals surface area contributed by atoms with Gasteiger partial charge >= 0.3 is 0 Å². The molecule has 0 spiro atoms. The third-order valence-corrected chi connectivity index (χ3v) is 6.59. The summed E-state index contributed by atoms with van der Waals surface area (Å²) in [7, 11) is 1.85. The zero-order valence-corrected chi connectivity index (χ0v) is 17.7. The van der Waals surface area contributed by atoms with E-state index < -0.39 is 0 Å². The predicted octanol–water partition coefficient (Wildman–Crippen LogP) is 4.60. The Kier molecular flexibility index (Phi) is 6.75.